The predicted octanol–water partition coefficient (Wildman–Crippen LogP) is 6.70. The third kappa shape index (κ3) is 3.50. The van der Waals surface area contributed by atoms with Crippen molar-refractivity contribution in [3.8, 4) is 11.1 Å². The fraction of sp³-hybridized carbons (Fsp3) is 0.355. The van der Waals surface area contributed by atoms with Crippen molar-refractivity contribution in [2.75, 3.05) is 0 Å². The largest absolute Gasteiger partial charge is 0.349 e. The van der Waals surface area contributed by atoms with Crippen molar-refractivity contribution in [3.05, 3.63) is 90.3 Å². The number of hydrogen-bond donors (Lipinski definition) is 1. The lowest BCUT2D eigenvalue weighted by Crippen LogP contribution is -2.47. The van der Waals surface area contributed by atoms with Crippen LogP contribution in [0, 0.1) is 16.7 Å². The second-order valence-corrected chi connectivity index (χ2v) is 11.2. The monoisotopic (exact) mass is 463 g/mol. The maximum absolute atomic E-state index is 13.5. The van der Waals surface area contributed by atoms with Gasteiger partial charge in [0.15, 0.2) is 0 Å². The van der Waals surface area contributed by atoms with Crippen LogP contribution < -0.4 is 5.32 Å². The molecule has 0 spiro atoms. The molecule has 2 aliphatic rings. The Morgan fingerprint density at radius 1 is 1.00 bits per heavy atom. The van der Waals surface area contributed by atoms with Gasteiger partial charge in [-0.15, -0.1) is 0 Å². The van der Waals surface area contributed by atoms with E-state index in [4.69, 9.17) is 0 Å². The first-order valence-electron chi connectivity index (χ1n) is 12.8. The molecule has 4 nitrogen and oxygen atoms in total. The molecule has 1 N–H and O–H groups in total. The molecule has 2 bridgehead atoms. The molecule has 3 aromatic carbocycles. The number of carbonyl (C=O) groups excluding carboxylic acids is 1. The van der Waals surface area contributed by atoms with E-state index in [2.05, 4.69) is 72.0 Å². The van der Waals surface area contributed by atoms with Crippen LogP contribution in [-0.2, 0) is 6.54 Å². The SMILES string of the molecule is CC1(C)[C@@H]2CC[C@@]1(C)[C@@H](NC(=O)c1ccccc1-c1ccc(Cn3cnc4ccccc43)cc1)C2. The third-order valence-electron chi connectivity index (χ3n) is 9.42. The van der Waals surface area contributed by atoms with Gasteiger partial charge in [-0.1, -0.05) is 75.4 Å². The van der Waals surface area contributed by atoms with Gasteiger partial charge in [0.1, 0.15) is 0 Å². The van der Waals surface area contributed by atoms with E-state index in [0.717, 1.165) is 40.7 Å². The van der Waals surface area contributed by atoms with Crippen LogP contribution >= 0.6 is 0 Å². The smallest absolute Gasteiger partial charge is 0.252 e. The van der Waals surface area contributed by atoms with Gasteiger partial charge < -0.3 is 9.88 Å². The molecule has 1 aromatic heterocycles. The normalized spacial score (nSPS) is 24.7. The van der Waals surface area contributed by atoms with E-state index in [0.29, 0.717) is 5.92 Å². The number of carbonyl (C=O) groups is 1. The number of benzene rings is 3. The van der Waals surface area contributed by atoms with Gasteiger partial charge in [-0.05, 0) is 70.9 Å². The molecule has 4 aromatic rings. The number of fused-ring (bicyclic) bond motifs is 3. The number of para-hydroxylation sites is 2. The summed E-state index contributed by atoms with van der Waals surface area (Å²) in [5.41, 5.74) is 6.60. The van der Waals surface area contributed by atoms with Crippen molar-refractivity contribution >= 4 is 16.9 Å². The molecule has 0 unspecified atom stereocenters. The molecule has 0 aliphatic heterocycles. The Bertz CT molecular complexity index is 1400. The minimum Gasteiger partial charge on any atom is -0.349 e. The van der Waals surface area contributed by atoms with Crippen LogP contribution in [0.15, 0.2) is 79.1 Å². The summed E-state index contributed by atoms with van der Waals surface area (Å²) in [5, 5.41) is 3.44. The minimum absolute atomic E-state index is 0.0455. The molecule has 0 saturated heterocycles. The zero-order valence-electron chi connectivity index (χ0n) is 20.8. The number of nitrogens with zero attached hydrogens (tertiary/aromatic N) is 2. The zero-order valence-corrected chi connectivity index (χ0v) is 20.8. The van der Waals surface area contributed by atoms with Crippen molar-refractivity contribution in [1.29, 1.82) is 0 Å². The van der Waals surface area contributed by atoms with Crippen LogP contribution in [0.5, 0.6) is 0 Å². The van der Waals surface area contributed by atoms with Gasteiger partial charge in [-0.25, -0.2) is 4.98 Å². The molecule has 1 amide bonds. The van der Waals surface area contributed by atoms with E-state index < -0.39 is 0 Å². The third-order valence-corrected chi connectivity index (χ3v) is 9.42. The molecule has 178 valence electrons. The molecule has 3 atom stereocenters. The molecular formula is C31H33N3O. The lowest BCUT2D eigenvalue weighted by Gasteiger charge is -2.39. The quantitative estimate of drug-likeness (QED) is 0.358. The number of aromatic nitrogens is 2. The maximum atomic E-state index is 13.5. The summed E-state index contributed by atoms with van der Waals surface area (Å²) in [6, 6.07) is 25.0. The molecule has 2 aliphatic carbocycles. The average Bonchev–Trinajstić information content (AvgIpc) is 3.43. The number of rotatable bonds is 5. The van der Waals surface area contributed by atoms with E-state index in [1.54, 1.807) is 0 Å². The number of nitrogens with one attached hydrogen (secondary N) is 1. The van der Waals surface area contributed by atoms with Crippen molar-refractivity contribution in [1.82, 2.24) is 14.9 Å². The summed E-state index contributed by atoms with van der Waals surface area (Å²) in [5.74, 6) is 0.748. The fourth-order valence-electron chi connectivity index (χ4n) is 6.71. The lowest BCUT2D eigenvalue weighted by atomic mass is 9.69. The zero-order chi connectivity index (χ0) is 24.2. The molecule has 6 rings (SSSR count). The number of imidazole rings is 1. The summed E-state index contributed by atoms with van der Waals surface area (Å²) < 4.78 is 2.17. The van der Waals surface area contributed by atoms with Crippen LogP contribution in [0.4, 0.5) is 0 Å². The van der Waals surface area contributed by atoms with Gasteiger partial charge in [-0.2, -0.15) is 0 Å². The van der Waals surface area contributed by atoms with Gasteiger partial charge in [0.25, 0.3) is 5.91 Å². The van der Waals surface area contributed by atoms with Gasteiger partial charge in [-0.3, -0.25) is 4.79 Å². The molecule has 1 heterocycles. The van der Waals surface area contributed by atoms with Crippen LogP contribution in [0.1, 0.15) is 56.0 Å². The molecule has 2 fully saturated rings. The molecule has 35 heavy (non-hydrogen) atoms. The van der Waals surface area contributed by atoms with Crippen molar-refractivity contribution in [2.45, 2.75) is 52.6 Å². The standard InChI is InChI=1S/C31H33N3O/c1-30(2)23-16-17-31(30,3)28(18-23)33-29(35)25-9-5-4-8-24(25)22-14-12-21(13-15-22)19-34-20-32-26-10-6-7-11-27(26)34/h4-15,20,23,28H,16-19H2,1-3H3,(H,33,35)/t23-,28+,31+/m1/s1. The minimum atomic E-state index is 0.0455. The number of amides is 1. The van der Waals surface area contributed by atoms with Crippen molar-refractivity contribution in [2.24, 2.45) is 16.7 Å². The first-order valence-corrected chi connectivity index (χ1v) is 12.8. The molecule has 2 saturated carbocycles. The Kier molecular flexibility index (Phi) is 5.10. The summed E-state index contributed by atoms with van der Waals surface area (Å²) >= 11 is 0. The fourth-order valence-corrected chi connectivity index (χ4v) is 6.71. The van der Waals surface area contributed by atoms with Crippen molar-refractivity contribution < 1.29 is 4.79 Å². The second-order valence-electron chi connectivity index (χ2n) is 11.2. The second kappa shape index (κ2) is 8.08. The first kappa shape index (κ1) is 22.1. The van der Waals surface area contributed by atoms with Gasteiger partial charge in [0, 0.05) is 18.2 Å². The highest BCUT2D eigenvalue weighted by molar-refractivity contribution is 6.01. The van der Waals surface area contributed by atoms with Crippen LogP contribution in [-0.4, -0.2) is 21.5 Å². The highest BCUT2D eigenvalue weighted by Gasteiger charge is 2.61. The Morgan fingerprint density at radius 3 is 2.49 bits per heavy atom. The lowest BCUT2D eigenvalue weighted by molar-refractivity contribution is 0.0826. The molecular weight excluding hydrogens is 430 g/mol. The van der Waals surface area contributed by atoms with Gasteiger partial charge >= 0.3 is 0 Å². The predicted molar refractivity (Wildman–Crippen MR) is 141 cm³/mol. The topological polar surface area (TPSA) is 46.9 Å². The van der Waals surface area contributed by atoms with E-state index in [-0.39, 0.29) is 22.8 Å². The summed E-state index contributed by atoms with van der Waals surface area (Å²) in [6.07, 6.45) is 5.48. The van der Waals surface area contributed by atoms with E-state index >= 15 is 0 Å². The maximum Gasteiger partial charge on any atom is 0.252 e. The summed E-state index contributed by atoms with van der Waals surface area (Å²) in [6.45, 7) is 7.91. The first-order chi connectivity index (χ1) is 16.9. The Hall–Kier alpha value is -3.40. The van der Waals surface area contributed by atoms with Crippen LogP contribution in [0.3, 0.4) is 0 Å². The average molecular weight is 464 g/mol. The summed E-state index contributed by atoms with van der Waals surface area (Å²) in [4.78, 5) is 18.0. The van der Waals surface area contributed by atoms with Gasteiger partial charge in [0.2, 0.25) is 0 Å². The molecule has 0 radical (unpaired) electrons. The number of hydrogen-bond acceptors (Lipinski definition) is 2. The van der Waals surface area contributed by atoms with Crippen molar-refractivity contribution in [3.63, 3.8) is 0 Å². The highest BCUT2D eigenvalue weighted by Crippen LogP contribution is 2.65. The van der Waals surface area contributed by atoms with Crippen LogP contribution in [0.2, 0.25) is 0 Å². The molecule has 4 heteroatoms. The highest BCUT2D eigenvalue weighted by atomic mass is 16.1. The van der Waals surface area contributed by atoms with Crippen LogP contribution in [0.25, 0.3) is 22.2 Å². The Morgan fingerprint density at radius 2 is 1.74 bits per heavy atom. The summed E-state index contributed by atoms with van der Waals surface area (Å²) in [7, 11) is 0. The van der Waals surface area contributed by atoms with E-state index in [9.17, 15) is 4.79 Å². The van der Waals surface area contributed by atoms with E-state index in [1.165, 1.54) is 18.4 Å². The van der Waals surface area contributed by atoms with Gasteiger partial charge in [0.05, 0.1) is 17.4 Å². The Labute approximate surface area is 207 Å². The van der Waals surface area contributed by atoms with E-state index in [1.807, 2.05) is 42.7 Å². The Balaban J connectivity index is 1.23.